The van der Waals surface area contributed by atoms with Gasteiger partial charge in [-0.1, -0.05) is 15.9 Å². The molecule has 0 atom stereocenters. The van der Waals surface area contributed by atoms with Gasteiger partial charge in [0.2, 0.25) is 0 Å². The number of aromatic nitrogens is 1. The summed E-state index contributed by atoms with van der Waals surface area (Å²) in [5, 5.41) is 0. The molecule has 2 rings (SSSR count). The minimum Gasteiger partial charge on any atom is -0.456 e. The molecular weight excluding hydrogens is 339 g/mol. The summed E-state index contributed by atoms with van der Waals surface area (Å²) in [6.45, 7) is 3.87. The van der Waals surface area contributed by atoms with Crippen molar-refractivity contribution in [1.82, 2.24) is 4.57 Å². The van der Waals surface area contributed by atoms with Gasteiger partial charge in [0.15, 0.2) is 0 Å². The van der Waals surface area contributed by atoms with E-state index in [4.69, 9.17) is 10.5 Å². The monoisotopic (exact) mass is 354 g/mol. The van der Waals surface area contributed by atoms with Gasteiger partial charge in [-0.05, 0) is 38.1 Å². The highest BCUT2D eigenvalue weighted by Crippen LogP contribution is 2.21. The van der Waals surface area contributed by atoms with Crippen LogP contribution in [0.4, 0.5) is 10.1 Å². The smallest absolute Gasteiger partial charge is 0.355 e. The quantitative estimate of drug-likeness (QED) is 0.846. The lowest BCUT2D eigenvalue weighted by Gasteiger charge is -2.12. The lowest BCUT2D eigenvalue weighted by Crippen LogP contribution is -2.13. The maximum Gasteiger partial charge on any atom is 0.355 e. The fourth-order valence-corrected chi connectivity index (χ4v) is 2.32. The van der Waals surface area contributed by atoms with E-state index in [0.717, 1.165) is 0 Å². The first-order chi connectivity index (χ1) is 9.88. The standard InChI is InChI=1S/C15H16BrFN2O2/c1-9(2)19-7-12(18)6-14(19)15(20)21-8-10-5-11(17)3-4-13(10)16/h3-7,9H,8,18H2,1-2H3. The van der Waals surface area contributed by atoms with Crippen molar-refractivity contribution in [3.8, 4) is 0 Å². The summed E-state index contributed by atoms with van der Waals surface area (Å²) in [6, 6.07) is 5.90. The van der Waals surface area contributed by atoms with Crippen LogP contribution in [0.5, 0.6) is 0 Å². The molecule has 0 saturated carbocycles. The molecule has 0 fully saturated rings. The Labute approximate surface area is 130 Å². The van der Waals surface area contributed by atoms with E-state index in [2.05, 4.69) is 15.9 Å². The van der Waals surface area contributed by atoms with Crippen molar-refractivity contribution >= 4 is 27.6 Å². The first-order valence-electron chi connectivity index (χ1n) is 6.47. The van der Waals surface area contributed by atoms with Crippen molar-refractivity contribution < 1.29 is 13.9 Å². The Balaban J connectivity index is 2.14. The first kappa shape index (κ1) is 15.6. The Morgan fingerprint density at radius 2 is 2.14 bits per heavy atom. The van der Waals surface area contributed by atoms with E-state index in [1.54, 1.807) is 22.9 Å². The summed E-state index contributed by atoms with van der Waals surface area (Å²) >= 11 is 3.30. The molecule has 6 heteroatoms. The molecule has 0 aliphatic carbocycles. The van der Waals surface area contributed by atoms with Crippen LogP contribution in [0, 0.1) is 5.82 Å². The molecule has 0 bridgehead atoms. The van der Waals surface area contributed by atoms with Crippen LogP contribution in [0.15, 0.2) is 34.9 Å². The summed E-state index contributed by atoms with van der Waals surface area (Å²) < 4.78 is 20.9. The van der Waals surface area contributed by atoms with Crippen LogP contribution in [0.25, 0.3) is 0 Å². The summed E-state index contributed by atoms with van der Waals surface area (Å²) in [6.07, 6.45) is 1.69. The fraction of sp³-hybridized carbons (Fsp3) is 0.267. The number of carbonyl (C=O) groups is 1. The summed E-state index contributed by atoms with van der Waals surface area (Å²) in [5.74, 6) is -0.865. The number of benzene rings is 1. The van der Waals surface area contributed by atoms with Gasteiger partial charge in [-0.2, -0.15) is 0 Å². The number of ether oxygens (including phenoxy) is 1. The molecule has 2 N–H and O–H groups in total. The van der Waals surface area contributed by atoms with Gasteiger partial charge in [-0.25, -0.2) is 9.18 Å². The third kappa shape index (κ3) is 3.64. The Morgan fingerprint density at radius 3 is 2.81 bits per heavy atom. The first-order valence-corrected chi connectivity index (χ1v) is 7.26. The molecule has 0 unspecified atom stereocenters. The number of esters is 1. The van der Waals surface area contributed by atoms with Crippen molar-refractivity contribution in [1.29, 1.82) is 0 Å². The highest BCUT2D eigenvalue weighted by molar-refractivity contribution is 9.10. The fourth-order valence-electron chi connectivity index (χ4n) is 1.96. The van der Waals surface area contributed by atoms with Crippen LogP contribution in [-0.2, 0) is 11.3 Å². The van der Waals surface area contributed by atoms with Gasteiger partial charge < -0.3 is 15.0 Å². The van der Waals surface area contributed by atoms with Gasteiger partial charge in [0.1, 0.15) is 18.1 Å². The second-order valence-corrected chi connectivity index (χ2v) is 5.83. The topological polar surface area (TPSA) is 57.2 Å². The number of hydrogen-bond acceptors (Lipinski definition) is 3. The Kier molecular flexibility index (Phi) is 4.67. The van der Waals surface area contributed by atoms with Crippen LogP contribution >= 0.6 is 15.9 Å². The predicted molar refractivity (Wildman–Crippen MR) is 82.4 cm³/mol. The highest BCUT2D eigenvalue weighted by Gasteiger charge is 2.16. The molecule has 1 heterocycles. The Morgan fingerprint density at radius 1 is 1.43 bits per heavy atom. The summed E-state index contributed by atoms with van der Waals surface area (Å²) in [7, 11) is 0. The Hall–Kier alpha value is -1.82. The molecule has 0 saturated heterocycles. The molecule has 1 aromatic carbocycles. The average molecular weight is 355 g/mol. The minimum atomic E-state index is -0.489. The van der Waals surface area contributed by atoms with E-state index in [0.29, 0.717) is 21.4 Å². The maximum absolute atomic E-state index is 13.2. The number of anilines is 1. The number of nitrogens with zero attached hydrogens (tertiary/aromatic N) is 1. The zero-order valence-corrected chi connectivity index (χ0v) is 13.4. The minimum absolute atomic E-state index is 0.0135. The number of hydrogen-bond donors (Lipinski definition) is 1. The van der Waals surface area contributed by atoms with Crippen molar-refractivity contribution in [2.24, 2.45) is 0 Å². The predicted octanol–water partition coefficient (Wildman–Crippen LogP) is 3.91. The van der Waals surface area contributed by atoms with Gasteiger partial charge in [0.25, 0.3) is 0 Å². The molecule has 0 radical (unpaired) electrons. The van der Waals surface area contributed by atoms with Gasteiger partial charge in [-0.15, -0.1) is 0 Å². The SMILES string of the molecule is CC(C)n1cc(N)cc1C(=O)OCc1cc(F)ccc1Br. The zero-order valence-electron chi connectivity index (χ0n) is 11.8. The molecule has 21 heavy (non-hydrogen) atoms. The largest absolute Gasteiger partial charge is 0.456 e. The third-order valence-electron chi connectivity index (χ3n) is 3.00. The van der Waals surface area contributed by atoms with Gasteiger partial charge in [-0.3, -0.25) is 0 Å². The van der Waals surface area contributed by atoms with E-state index >= 15 is 0 Å². The van der Waals surface area contributed by atoms with Gasteiger partial charge in [0.05, 0.1) is 5.69 Å². The normalized spacial score (nSPS) is 10.9. The molecule has 2 aromatic rings. The lowest BCUT2D eigenvalue weighted by molar-refractivity contribution is 0.0457. The van der Waals surface area contributed by atoms with E-state index in [1.165, 1.54) is 12.1 Å². The van der Waals surface area contributed by atoms with Crippen molar-refractivity contribution in [2.75, 3.05) is 5.73 Å². The van der Waals surface area contributed by atoms with Crippen LogP contribution in [0.3, 0.4) is 0 Å². The molecule has 4 nitrogen and oxygen atoms in total. The van der Waals surface area contributed by atoms with Crippen molar-refractivity contribution in [3.63, 3.8) is 0 Å². The molecule has 0 aliphatic rings. The molecule has 112 valence electrons. The molecule has 0 spiro atoms. The van der Waals surface area contributed by atoms with E-state index < -0.39 is 5.97 Å². The van der Waals surface area contributed by atoms with Gasteiger partial charge >= 0.3 is 5.97 Å². The number of halogens is 2. The Bertz CT molecular complexity index is 668. The second-order valence-electron chi connectivity index (χ2n) is 4.97. The number of nitrogens with two attached hydrogens (primary N) is 1. The summed E-state index contributed by atoms with van der Waals surface area (Å²) in [5.41, 5.74) is 7.18. The second kappa shape index (κ2) is 6.30. The van der Waals surface area contributed by atoms with Crippen LogP contribution in [0.1, 0.15) is 35.9 Å². The number of carbonyl (C=O) groups excluding carboxylic acids is 1. The number of nitrogen functional groups attached to an aromatic ring is 1. The molecular formula is C15H16BrFN2O2. The average Bonchev–Trinajstić information content (AvgIpc) is 2.82. The number of rotatable bonds is 4. The van der Waals surface area contributed by atoms with Crippen molar-refractivity contribution in [3.05, 3.63) is 52.0 Å². The molecule has 1 aromatic heterocycles. The van der Waals surface area contributed by atoms with E-state index in [1.807, 2.05) is 13.8 Å². The van der Waals surface area contributed by atoms with E-state index in [9.17, 15) is 9.18 Å². The van der Waals surface area contributed by atoms with Crippen molar-refractivity contribution in [2.45, 2.75) is 26.5 Å². The molecule has 0 aliphatic heterocycles. The summed E-state index contributed by atoms with van der Waals surface area (Å²) in [4.78, 5) is 12.1. The van der Waals surface area contributed by atoms with Crippen LogP contribution in [-0.4, -0.2) is 10.5 Å². The molecule has 0 amide bonds. The van der Waals surface area contributed by atoms with Gasteiger partial charge in [0, 0.05) is 22.3 Å². The maximum atomic E-state index is 13.2. The van der Waals surface area contributed by atoms with Crippen LogP contribution < -0.4 is 5.73 Å². The lowest BCUT2D eigenvalue weighted by atomic mass is 10.2. The van der Waals surface area contributed by atoms with Crippen LogP contribution in [0.2, 0.25) is 0 Å². The van der Waals surface area contributed by atoms with E-state index in [-0.39, 0.29) is 18.5 Å². The zero-order chi connectivity index (χ0) is 15.6. The highest BCUT2D eigenvalue weighted by atomic mass is 79.9. The third-order valence-corrected chi connectivity index (χ3v) is 3.78.